The summed E-state index contributed by atoms with van der Waals surface area (Å²) in [4.78, 5) is 4.96. The second-order valence-electron chi connectivity index (χ2n) is 2.93. The smallest absolute Gasteiger partial charge is 0.271 e. The summed E-state index contributed by atoms with van der Waals surface area (Å²) < 4.78 is 31.5. The second-order valence-corrected chi connectivity index (χ2v) is 4.42. The molecule has 0 saturated heterocycles. The second kappa shape index (κ2) is 5.97. The summed E-state index contributed by atoms with van der Waals surface area (Å²) in [6.07, 6.45) is 0. The van der Waals surface area contributed by atoms with Gasteiger partial charge in [-0.2, -0.15) is 5.48 Å². The minimum atomic E-state index is -3.78. The fourth-order valence-electron chi connectivity index (χ4n) is 0.925. The van der Waals surface area contributed by atoms with Crippen LogP contribution < -0.4 is 10.6 Å². The number of hydrogen-bond acceptors (Lipinski definition) is 6. The predicted molar refractivity (Wildman–Crippen MR) is 54.7 cm³/mol. The maximum Gasteiger partial charge on any atom is 0.271 e. The minimum Gasteiger partial charge on any atom is -0.447 e. The van der Waals surface area contributed by atoms with Gasteiger partial charge in [0.05, 0.1) is 19.8 Å². The monoisotopic (exact) mass is 250 g/mol. The molecule has 3 N–H and O–H groups in total. The molecule has 0 amide bonds. The number of hydrogen-bond donors (Lipinski definition) is 2. The van der Waals surface area contributed by atoms with Gasteiger partial charge in [-0.25, -0.2) is 13.6 Å². The van der Waals surface area contributed by atoms with Gasteiger partial charge < -0.3 is 9.15 Å². The number of primary sulfonamides is 1. The Labute approximate surface area is 93.5 Å². The Morgan fingerprint density at radius 1 is 1.44 bits per heavy atom. The van der Waals surface area contributed by atoms with Gasteiger partial charge in [-0.3, -0.25) is 4.84 Å². The molecule has 0 radical (unpaired) electrons. The number of rotatable bonds is 7. The molecule has 0 spiro atoms. The maximum absolute atomic E-state index is 10.9. The van der Waals surface area contributed by atoms with Crippen LogP contribution in [0, 0.1) is 0 Å². The van der Waals surface area contributed by atoms with Crippen molar-refractivity contribution >= 4 is 10.0 Å². The fourth-order valence-corrected chi connectivity index (χ4v) is 1.41. The van der Waals surface area contributed by atoms with Gasteiger partial charge in [-0.1, -0.05) is 0 Å². The summed E-state index contributed by atoms with van der Waals surface area (Å²) in [5.41, 5.74) is 2.59. The summed E-state index contributed by atoms with van der Waals surface area (Å²) in [6, 6.07) is 2.80. The molecular formula is C8H14N2O5S. The van der Waals surface area contributed by atoms with E-state index in [2.05, 4.69) is 5.48 Å². The Hall–Kier alpha value is -0.930. The highest BCUT2D eigenvalue weighted by molar-refractivity contribution is 7.89. The van der Waals surface area contributed by atoms with Crippen molar-refractivity contribution in [3.8, 4) is 0 Å². The number of ether oxygens (including phenoxy) is 1. The van der Waals surface area contributed by atoms with Crippen molar-refractivity contribution in [2.75, 3.05) is 20.3 Å². The molecule has 0 saturated carbocycles. The molecule has 1 rings (SSSR count). The Bertz CT molecular complexity index is 414. The quantitative estimate of drug-likeness (QED) is 0.504. The van der Waals surface area contributed by atoms with E-state index >= 15 is 0 Å². The van der Waals surface area contributed by atoms with E-state index in [0.717, 1.165) is 0 Å². The zero-order chi connectivity index (χ0) is 12.0. The van der Waals surface area contributed by atoms with Crippen molar-refractivity contribution in [1.82, 2.24) is 5.48 Å². The molecule has 0 atom stereocenters. The highest BCUT2D eigenvalue weighted by atomic mass is 32.2. The van der Waals surface area contributed by atoms with E-state index in [-0.39, 0.29) is 11.6 Å². The summed E-state index contributed by atoms with van der Waals surface area (Å²) in [5, 5.41) is 4.61. The molecule has 0 unspecified atom stereocenters. The van der Waals surface area contributed by atoms with Crippen LogP contribution in [0.25, 0.3) is 0 Å². The van der Waals surface area contributed by atoms with Crippen LogP contribution in [0.4, 0.5) is 0 Å². The van der Waals surface area contributed by atoms with E-state index < -0.39 is 10.0 Å². The lowest BCUT2D eigenvalue weighted by atomic mass is 10.5. The molecule has 0 aliphatic rings. The van der Waals surface area contributed by atoms with Crippen molar-refractivity contribution in [3.63, 3.8) is 0 Å². The molecule has 1 aromatic heterocycles. The molecule has 8 heteroatoms. The van der Waals surface area contributed by atoms with Crippen molar-refractivity contribution in [2.45, 2.75) is 11.6 Å². The van der Waals surface area contributed by atoms with Crippen LogP contribution in [0.15, 0.2) is 21.6 Å². The van der Waals surface area contributed by atoms with Gasteiger partial charge in [0.15, 0.2) is 0 Å². The lowest BCUT2D eigenvalue weighted by molar-refractivity contribution is 0.000650. The van der Waals surface area contributed by atoms with Crippen LogP contribution in [0.1, 0.15) is 5.76 Å². The number of hydroxylamine groups is 1. The van der Waals surface area contributed by atoms with E-state index in [1.165, 1.54) is 12.1 Å². The summed E-state index contributed by atoms with van der Waals surface area (Å²) >= 11 is 0. The van der Waals surface area contributed by atoms with Crippen LogP contribution >= 0.6 is 0 Å². The molecule has 0 bridgehead atoms. The van der Waals surface area contributed by atoms with Gasteiger partial charge in [-0.15, -0.1) is 0 Å². The maximum atomic E-state index is 10.9. The zero-order valence-corrected chi connectivity index (χ0v) is 9.62. The first-order chi connectivity index (χ1) is 7.54. The van der Waals surface area contributed by atoms with Crippen LogP contribution in [-0.2, 0) is 26.1 Å². The van der Waals surface area contributed by atoms with Crippen molar-refractivity contribution in [1.29, 1.82) is 0 Å². The number of sulfonamides is 1. The third-order valence-electron chi connectivity index (χ3n) is 1.66. The summed E-state index contributed by atoms with van der Waals surface area (Å²) in [6.45, 7) is 1.10. The van der Waals surface area contributed by atoms with Crippen molar-refractivity contribution in [3.05, 3.63) is 17.9 Å². The fraction of sp³-hybridized carbons (Fsp3) is 0.500. The molecule has 92 valence electrons. The van der Waals surface area contributed by atoms with E-state index in [4.69, 9.17) is 19.1 Å². The molecule has 16 heavy (non-hydrogen) atoms. The van der Waals surface area contributed by atoms with E-state index in [1.807, 2.05) is 0 Å². The molecule has 1 aromatic rings. The number of furan rings is 1. The Kier molecular flexibility index (Phi) is 4.90. The third-order valence-corrected chi connectivity index (χ3v) is 2.44. The largest absolute Gasteiger partial charge is 0.447 e. The van der Waals surface area contributed by atoms with Crippen LogP contribution in [0.2, 0.25) is 0 Å². The first-order valence-electron chi connectivity index (χ1n) is 4.49. The van der Waals surface area contributed by atoms with Gasteiger partial charge >= 0.3 is 0 Å². The van der Waals surface area contributed by atoms with Gasteiger partial charge in [0.25, 0.3) is 10.0 Å². The molecule has 0 aliphatic carbocycles. The first kappa shape index (κ1) is 13.1. The Morgan fingerprint density at radius 2 is 2.19 bits per heavy atom. The van der Waals surface area contributed by atoms with Gasteiger partial charge in [0.2, 0.25) is 5.09 Å². The van der Waals surface area contributed by atoms with E-state index in [9.17, 15) is 8.42 Å². The zero-order valence-electron chi connectivity index (χ0n) is 8.80. The van der Waals surface area contributed by atoms with Crippen molar-refractivity contribution in [2.24, 2.45) is 5.14 Å². The van der Waals surface area contributed by atoms with E-state index in [1.54, 1.807) is 7.11 Å². The van der Waals surface area contributed by atoms with Crippen molar-refractivity contribution < 1.29 is 22.4 Å². The normalized spacial score (nSPS) is 11.9. The van der Waals surface area contributed by atoms with Crippen LogP contribution in [-0.4, -0.2) is 28.7 Å². The number of nitrogens with one attached hydrogen (secondary N) is 1. The standard InChI is InChI=1S/C8H14N2O5S/c1-13-4-5-14-10-6-7-2-3-8(15-7)16(9,11)12/h2-3,10H,4-6H2,1H3,(H2,9,11,12). The summed E-state index contributed by atoms with van der Waals surface area (Å²) in [5.74, 6) is 0.418. The average Bonchev–Trinajstić information content (AvgIpc) is 2.65. The lowest BCUT2D eigenvalue weighted by Crippen LogP contribution is -2.16. The topological polar surface area (TPSA) is 104 Å². The molecule has 0 fully saturated rings. The number of methoxy groups -OCH3 is 1. The first-order valence-corrected chi connectivity index (χ1v) is 6.04. The highest BCUT2D eigenvalue weighted by Crippen LogP contribution is 2.11. The Balaban J connectivity index is 2.36. The molecule has 7 nitrogen and oxygen atoms in total. The summed E-state index contributed by atoms with van der Waals surface area (Å²) in [7, 11) is -2.21. The number of nitrogens with two attached hydrogens (primary N) is 1. The van der Waals surface area contributed by atoms with Crippen LogP contribution in [0.5, 0.6) is 0 Å². The predicted octanol–water partition coefficient (Wildman–Crippen LogP) is -0.405. The van der Waals surface area contributed by atoms with Gasteiger partial charge in [0, 0.05) is 7.11 Å². The molecular weight excluding hydrogens is 236 g/mol. The molecule has 0 aliphatic heterocycles. The van der Waals surface area contributed by atoms with Crippen LogP contribution in [0.3, 0.4) is 0 Å². The highest BCUT2D eigenvalue weighted by Gasteiger charge is 2.12. The SMILES string of the molecule is COCCONCc1ccc(S(N)(=O)=O)o1. The van der Waals surface area contributed by atoms with Gasteiger partial charge in [-0.05, 0) is 12.1 Å². The molecule has 0 aromatic carbocycles. The lowest BCUT2D eigenvalue weighted by Gasteiger charge is -2.02. The van der Waals surface area contributed by atoms with E-state index in [0.29, 0.717) is 19.0 Å². The average molecular weight is 250 g/mol. The Morgan fingerprint density at radius 3 is 2.75 bits per heavy atom. The third kappa shape index (κ3) is 4.29. The minimum absolute atomic E-state index is 0.249. The van der Waals surface area contributed by atoms with Gasteiger partial charge in [0.1, 0.15) is 5.76 Å². The molecule has 1 heterocycles.